The molecule has 1 aromatic heterocycles. The summed E-state index contributed by atoms with van der Waals surface area (Å²) in [5.41, 5.74) is 2.10. The number of rotatable bonds is 8. The summed E-state index contributed by atoms with van der Waals surface area (Å²) in [6.07, 6.45) is 1.86. The Kier molecular flexibility index (Phi) is 11.0. The van der Waals surface area contributed by atoms with Gasteiger partial charge in [0.2, 0.25) is 0 Å². The molecule has 7 nitrogen and oxygen atoms in total. The lowest BCUT2D eigenvalue weighted by atomic mass is 10.2. The predicted molar refractivity (Wildman–Crippen MR) is 139 cm³/mol. The van der Waals surface area contributed by atoms with E-state index in [0.717, 1.165) is 55.6 Å². The second kappa shape index (κ2) is 13.5. The van der Waals surface area contributed by atoms with Crippen LogP contribution in [0.25, 0.3) is 0 Å². The van der Waals surface area contributed by atoms with Crippen molar-refractivity contribution in [2.75, 3.05) is 51.7 Å². The molecule has 0 bridgehead atoms. The standard InChI is InChI=1S/C23H32F2N6O.HI/c1-4-30-11-13-31(14-12-30)21-15-19(9-10-27-21)16-28-23(26-2)29(3)17-18-5-7-20(8-6-18)32-22(24)25;/h5-10,15,22H,4,11-14,16-17H2,1-3H3,(H,26,28);1H. The van der Waals surface area contributed by atoms with Crippen LogP contribution in [0, 0.1) is 0 Å². The summed E-state index contributed by atoms with van der Waals surface area (Å²) in [5, 5.41) is 3.39. The van der Waals surface area contributed by atoms with Gasteiger partial charge in [-0.15, -0.1) is 24.0 Å². The number of hydrogen-bond acceptors (Lipinski definition) is 5. The molecule has 3 rings (SSSR count). The van der Waals surface area contributed by atoms with Crippen LogP contribution < -0.4 is 15.0 Å². The van der Waals surface area contributed by atoms with Gasteiger partial charge in [0, 0.05) is 59.6 Å². The maximum atomic E-state index is 12.3. The minimum Gasteiger partial charge on any atom is -0.435 e. The lowest BCUT2D eigenvalue weighted by Gasteiger charge is -2.34. The summed E-state index contributed by atoms with van der Waals surface area (Å²) >= 11 is 0. The highest BCUT2D eigenvalue weighted by atomic mass is 127. The number of pyridine rings is 1. The second-order valence-electron chi connectivity index (χ2n) is 7.72. The van der Waals surface area contributed by atoms with Crippen LogP contribution in [0.15, 0.2) is 47.6 Å². The summed E-state index contributed by atoms with van der Waals surface area (Å²) < 4.78 is 29.0. The molecule has 0 atom stereocenters. The van der Waals surface area contributed by atoms with E-state index in [1.165, 1.54) is 0 Å². The quantitative estimate of drug-likeness (QED) is 0.295. The van der Waals surface area contributed by atoms with Crippen molar-refractivity contribution < 1.29 is 13.5 Å². The molecule has 1 saturated heterocycles. The second-order valence-corrected chi connectivity index (χ2v) is 7.72. The number of alkyl halides is 2. The topological polar surface area (TPSA) is 56.2 Å². The zero-order valence-electron chi connectivity index (χ0n) is 19.4. The van der Waals surface area contributed by atoms with Crippen molar-refractivity contribution in [3.63, 3.8) is 0 Å². The molecule has 2 aromatic rings. The fourth-order valence-electron chi connectivity index (χ4n) is 3.73. The fraction of sp³-hybridized carbons (Fsp3) is 0.478. The molecule has 0 spiro atoms. The molecule has 182 valence electrons. The summed E-state index contributed by atoms with van der Waals surface area (Å²) in [6, 6.07) is 10.8. The first-order valence-electron chi connectivity index (χ1n) is 10.9. The van der Waals surface area contributed by atoms with Gasteiger partial charge < -0.3 is 24.8 Å². The van der Waals surface area contributed by atoms with E-state index in [2.05, 4.69) is 42.8 Å². The van der Waals surface area contributed by atoms with Crippen LogP contribution in [-0.2, 0) is 13.1 Å². The van der Waals surface area contributed by atoms with Crippen molar-refractivity contribution in [2.45, 2.75) is 26.6 Å². The summed E-state index contributed by atoms with van der Waals surface area (Å²) in [6.45, 7) is 5.78. The van der Waals surface area contributed by atoms with E-state index in [0.29, 0.717) is 13.1 Å². The first-order chi connectivity index (χ1) is 15.5. The molecule has 0 amide bonds. The van der Waals surface area contributed by atoms with Gasteiger partial charge in [0.25, 0.3) is 0 Å². The zero-order chi connectivity index (χ0) is 22.9. The minimum absolute atomic E-state index is 0. The highest BCUT2D eigenvalue weighted by Gasteiger charge is 2.17. The van der Waals surface area contributed by atoms with E-state index < -0.39 is 6.61 Å². The average Bonchev–Trinajstić information content (AvgIpc) is 2.80. The van der Waals surface area contributed by atoms with Gasteiger partial charge in [0.15, 0.2) is 5.96 Å². The van der Waals surface area contributed by atoms with Crippen molar-refractivity contribution >= 4 is 35.8 Å². The van der Waals surface area contributed by atoms with Crippen LogP contribution in [0.2, 0.25) is 0 Å². The number of benzene rings is 1. The van der Waals surface area contributed by atoms with Crippen molar-refractivity contribution in [3.8, 4) is 5.75 Å². The molecule has 0 aliphatic carbocycles. The molecule has 0 unspecified atom stereocenters. The van der Waals surface area contributed by atoms with Crippen molar-refractivity contribution in [1.82, 2.24) is 20.1 Å². The van der Waals surface area contributed by atoms with Crippen LogP contribution in [-0.4, -0.2) is 74.2 Å². The molecule has 1 fully saturated rings. The number of anilines is 1. The molecule has 1 aliphatic heterocycles. The Morgan fingerprint density at radius 2 is 1.85 bits per heavy atom. The van der Waals surface area contributed by atoms with Gasteiger partial charge in [-0.05, 0) is 41.9 Å². The Labute approximate surface area is 211 Å². The third kappa shape index (κ3) is 8.26. The van der Waals surface area contributed by atoms with E-state index in [1.807, 2.05) is 24.2 Å². The smallest absolute Gasteiger partial charge is 0.387 e. The highest BCUT2D eigenvalue weighted by molar-refractivity contribution is 14.0. The molecule has 33 heavy (non-hydrogen) atoms. The molecule has 1 aromatic carbocycles. The van der Waals surface area contributed by atoms with E-state index in [9.17, 15) is 8.78 Å². The third-order valence-corrected chi connectivity index (χ3v) is 5.55. The van der Waals surface area contributed by atoms with Gasteiger partial charge in [0.05, 0.1) is 0 Å². The third-order valence-electron chi connectivity index (χ3n) is 5.55. The molecule has 0 radical (unpaired) electrons. The van der Waals surface area contributed by atoms with Crippen molar-refractivity contribution in [2.24, 2.45) is 4.99 Å². The number of nitrogens with zero attached hydrogens (tertiary/aromatic N) is 5. The van der Waals surface area contributed by atoms with E-state index >= 15 is 0 Å². The molecule has 1 N–H and O–H groups in total. The minimum atomic E-state index is -2.82. The highest BCUT2D eigenvalue weighted by Crippen LogP contribution is 2.17. The number of likely N-dealkylation sites (N-methyl/N-ethyl adjacent to an activating group) is 1. The van der Waals surface area contributed by atoms with Crippen molar-refractivity contribution in [3.05, 3.63) is 53.7 Å². The van der Waals surface area contributed by atoms with E-state index in [4.69, 9.17) is 0 Å². The SMILES string of the molecule is CCN1CCN(c2cc(CNC(=NC)N(C)Cc3ccc(OC(F)F)cc3)ccn2)CC1.I. The van der Waals surface area contributed by atoms with Crippen LogP contribution >= 0.6 is 24.0 Å². The summed E-state index contributed by atoms with van der Waals surface area (Å²) in [4.78, 5) is 15.7. The Morgan fingerprint density at radius 3 is 2.45 bits per heavy atom. The molecule has 0 saturated carbocycles. The first-order valence-corrected chi connectivity index (χ1v) is 10.9. The maximum absolute atomic E-state index is 12.3. The van der Waals surface area contributed by atoms with Gasteiger partial charge in [-0.3, -0.25) is 4.99 Å². The number of halogens is 3. The average molecular weight is 574 g/mol. The van der Waals surface area contributed by atoms with E-state index in [1.54, 1.807) is 31.3 Å². The Bertz CT molecular complexity index is 876. The number of aromatic nitrogens is 1. The number of aliphatic imine (C=N–C) groups is 1. The molecule has 2 heterocycles. The normalized spacial score (nSPS) is 14.7. The number of nitrogens with one attached hydrogen (secondary N) is 1. The lowest BCUT2D eigenvalue weighted by molar-refractivity contribution is -0.0498. The predicted octanol–water partition coefficient (Wildman–Crippen LogP) is 3.65. The van der Waals surface area contributed by atoms with Gasteiger partial charge >= 0.3 is 6.61 Å². The number of piperazine rings is 1. The largest absolute Gasteiger partial charge is 0.435 e. The van der Waals surface area contributed by atoms with E-state index in [-0.39, 0.29) is 29.7 Å². The van der Waals surface area contributed by atoms with Crippen LogP contribution in [0.1, 0.15) is 18.1 Å². The zero-order valence-corrected chi connectivity index (χ0v) is 21.7. The molecular formula is C23H33F2IN6O. The molecule has 10 heteroatoms. The Balaban J connectivity index is 0.00000385. The van der Waals surface area contributed by atoms with Crippen LogP contribution in [0.3, 0.4) is 0 Å². The van der Waals surface area contributed by atoms with Gasteiger partial charge in [0.1, 0.15) is 11.6 Å². The maximum Gasteiger partial charge on any atom is 0.387 e. The Hall–Kier alpha value is -2.21. The molecular weight excluding hydrogens is 541 g/mol. The monoisotopic (exact) mass is 574 g/mol. The summed E-state index contributed by atoms with van der Waals surface area (Å²) in [5.74, 6) is 1.90. The van der Waals surface area contributed by atoms with Gasteiger partial charge in [-0.25, -0.2) is 4.98 Å². The number of hydrogen-bond donors (Lipinski definition) is 1. The Morgan fingerprint density at radius 1 is 1.15 bits per heavy atom. The first kappa shape index (κ1) is 27.0. The van der Waals surface area contributed by atoms with Crippen molar-refractivity contribution in [1.29, 1.82) is 0 Å². The number of ether oxygens (including phenoxy) is 1. The number of guanidine groups is 1. The van der Waals surface area contributed by atoms with Gasteiger partial charge in [-0.1, -0.05) is 19.1 Å². The fourth-order valence-corrected chi connectivity index (χ4v) is 3.73. The van der Waals surface area contributed by atoms with Crippen LogP contribution in [0.4, 0.5) is 14.6 Å². The molecule has 1 aliphatic rings. The van der Waals surface area contributed by atoms with Gasteiger partial charge in [-0.2, -0.15) is 8.78 Å². The lowest BCUT2D eigenvalue weighted by Crippen LogP contribution is -2.46. The summed E-state index contributed by atoms with van der Waals surface area (Å²) in [7, 11) is 3.67. The van der Waals surface area contributed by atoms with Crippen LogP contribution in [0.5, 0.6) is 5.75 Å².